The van der Waals surface area contributed by atoms with Crippen LogP contribution in [0.5, 0.6) is 5.75 Å². The molecule has 4 aromatic rings. The van der Waals surface area contributed by atoms with Crippen LogP contribution in [0.1, 0.15) is 60.2 Å². The summed E-state index contributed by atoms with van der Waals surface area (Å²) in [7, 11) is 0. The highest BCUT2D eigenvalue weighted by molar-refractivity contribution is 6.04. The number of rotatable bonds is 3. The van der Waals surface area contributed by atoms with Gasteiger partial charge in [-0.1, -0.05) is 68.4 Å². The Labute approximate surface area is 187 Å². The number of benzene rings is 4. The monoisotopic (exact) mass is 422 g/mol. The number of phenols is 1. The van der Waals surface area contributed by atoms with E-state index < -0.39 is 5.60 Å². The number of aryl methyl sites for hydroxylation is 1. The molecule has 0 spiro atoms. The minimum Gasteiger partial charge on any atom is -0.507 e. The standard InChI is InChI=1S/C29H26O3/c1-3-18-11-12-22-20(15-18)16-24-25(26(22)30)28(2)13-14-29(24,17-28)32-27(31)23-10-6-8-19-7-4-5-9-21(19)23/h4-12,15-16,30H,3,13-14,17H2,1-2H3. The molecule has 0 aromatic heterocycles. The predicted molar refractivity (Wildman–Crippen MR) is 127 cm³/mol. The third-order valence-corrected chi connectivity index (χ3v) is 7.73. The van der Waals surface area contributed by atoms with Crippen LogP contribution in [-0.2, 0) is 22.2 Å². The summed E-state index contributed by atoms with van der Waals surface area (Å²) >= 11 is 0. The average Bonchev–Trinajstić information content (AvgIpc) is 3.27. The first-order valence-electron chi connectivity index (χ1n) is 11.4. The largest absolute Gasteiger partial charge is 0.507 e. The molecule has 1 fully saturated rings. The molecule has 1 N–H and O–H groups in total. The summed E-state index contributed by atoms with van der Waals surface area (Å²) in [5.74, 6) is 0.0613. The molecular weight excluding hydrogens is 396 g/mol. The molecular formula is C29H26O3. The number of aromatic hydroxyl groups is 1. The molecule has 32 heavy (non-hydrogen) atoms. The van der Waals surface area contributed by atoms with E-state index in [1.165, 1.54) is 5.56 Å². The van der Waals surface area contributed by atoms with Crippen molar-refractivity contribution >= 4 is 27.5 Å². The molecule has 0 radical (unpaired) electrons. The van der Waals surface area contributed by atoms with Crippen LogP contribution in [0, 0.1) is 0 Å². The highest BCUT2D eigenvalue weighted by Crippen LogP contribution is 2.64. The molecule has 2 atom stereocenters. The molecule has 2 aliphatic rings. The smallest absolute Gasteiger partial charge is 0.339 e. The second kappa shape index (κ2) is 6.59. The fourth-order valence-corrected chi connectivity index (χ4v) is 6.13. The minimum absolute atomic E-state index is 0.184. The van der Waals surface area contributed by atoms with Gasteiger partial charge < -0.3 is 9.84 Å². The SMILES string of the molecule is CCc1ccc2c(O)c3c(cc2c1)C1(OC(=O)c2cccc4ccccc24)CCC3(C)C1. The van der Waals surface area contributed by atoms with E-state index in [2.05, 4.69) is 32.0 Å². The highest BCUT2D eigenvalue weighted by Gasteiger charge is 2.59. The maximum atomic E-state index is 13.5. The lowest BCUT2D eigenvalue weighted by atomic mass is 9.78. The van der Waals surface area contributed by atoms with Crippen LogP contribution >= 0.6 is 0 Å². The molecule has 3 heteroatoms. The van der Waals surface area contributed by atoms with Gasteiger partial charge in [-0.05, 0) is 53.1 Å². The third-order valence-electron chi connectivity index (χ3n) is 7.73. The zero-order valence-corrected chi connectivity index (χ0v) is 18.4. The summed E-state index contributed by atoms with van der Waals surface area (Å²) in [4.78, 5) is 13.5. The lowest BCUT2D eigenvalue weighted by Crippen LogP contribution is -2.28. The minimum atomic E-state index is -0.688. The van der Waals surface area contributed by atoms with Crippen LogP contribution in [0.25, 0.3) is 21.5 Å². The van der Waals surface area contributed by atoms with E-state index in [9.17, 15) is 9.90 Å². The van der Waals surface area contributed by atoms with Crippen molar-refractivity contribution in [3.8, 4) is 5.75 Å². The zero-order chi connectivity index (χ0) is 22.1. The molecule has 0 aliphatic heterocycles. The molecule has 1 saturated carbocycles. The quantitative estimate of drug-likeness (QED) is 0.371. The van der Waals surface area contributed by atoms with Gasteiger partial charge >= 0.3 is 5.97 Å². The van der Waals surface area contributed by atoms with Crippen LogP contribution in [0.15, 0.2) is 66.7 Å². The second-order valence-electron chi connectivity index (χ2n) is 9.70. The Hall–Kier alpha value is -3.33. The maximum Gasteiger partial charge on any atom is 0.339 e. The highest BCUT2D eigenvalue weighted by atomic mass is 16.6. The molecule has 2 aliphatic carbocycles. The van der Waals surface area contributed by atoms with Crippen molar-refractivity contribution in [3.05, 3.63) is 89.0 Å². The number of hydrogen-bond acceptors (Lipinski definition) is 3. The summed E-state index contributed by atoms with van der Waals surface area (Å²) in [5, 5.41) is 15.1. The third kappa shape index (κ3) is 2.57. The van der Waals surface area contributed by atoms with E-state index in [-0.39, 0.29) is 11.4 Å². The van der Waals surface area contributed by atoms with Gasteiger partial charge in [0.2, 0.25) is 0 Å². The van der Waals surface area contributed by atoms with Crippen molar-refractivity contribution in [2.45, 2.75) is 50.5 Å². The van der Waals surface area contributed by atoms with E-state index >= 15 is 0 Å². The van der Waals surface area contributed by atoms with E-state index in [4.69, 9.17) is 4.74 Å². The molecule has 2 unspecified atom stereocenters. The van der Waals surface area contributed by atoms with Gasteiger partial charge in [0.1, 0.15) is 11.4 Å². The van der Waals surface area contributed by atoms with Gasteiger partial charge in [0.25, 0.3) is 0 Å². The Kier molecular flexibility index (Phi) is 3.98. The van der Waals surface area contributed by atoms with Crippen LogP contribution in [-0.4, -0.2) is 11.1 Å². The summed E-state index contributed by atoms with van der Waals surface area (Å²) in [5.41, 5.74) is 2.90. The number of carbonyl (C=O) groups excluding carboxylic acids is 1. The van der Waals surface area contributed by atoms with Crippen molar-refractivity contribution in [1.29, 1.82) is 0 Å². The summed E-state index contributed by atoms with van der Waals surface area (Å²) < 4.78 is 6.39. The van der Waals surface area contributed by atoms with Crippen LogP contribution in [0.3, 0.4) is 0 Å². The van der Waals surface area contributed by atoms with E-state index in [1.807, 2.05) is 48.5 Å². The molecule has 0 amide bonds. The van der Waals surface area contributed by atoms with E-state index in [1.54, 1.807) is 0 Å². The Morgan fingerprint density at radius 3 is 2.62 bits per heavy atom. The normalized spacial score (nSPS) is 23.6. The van der Waals surface area contributed by atoms with Gasteiger partial charge in [-0.3, -0.25) is 0 Å². The van der Waals surface area contributed by atoms with Crippen LogP contribution in [0.4, 0.5) is 0 Å². The topological polar surface area (TPSA) is 46.5 Å². The van der Waals surface area contributed by atoms with Gasteiger partial charge in [0.05, 0.1) is 5.56 Å². The van der Waals surface area contributed by atoms with Crippen molar-refractivity contribution in [2.75, 3.05) is 0 Å². The first-order chi connectivity index (χ1) is 15.4. The van der Waals surface area contributed by atoms with Crippen LogP contribution < -0.4 is 0 Å². The molecule has 160 valence electrons. The number of carbonyl (C=O) groups is 1. The zero-order valence-electron chi connectivity index (χ0n) is 18.4. The first kappa shape index (κ1) is 19.4. The van der Waals surface area contributed by atoms with Gasteiger partial charge in [-0.15, -0.1) is 0 Å². The second-order valence-corrected chi connectivity index (χ2v) is 9.70. The van der Waals surface area contributed by atoms with E-state index in [0.29, 0.717) is 11.3 Å². The van der Waals surface area contributed by atoms with Crippen molar-refractivity contribution in [2.24, 2.45) is 0 Å². The first-order valence-corrected chi connectivity index (χ1v) is 11.4. The molecule has 0 heterocycles. The number of hydrogen-bond donors (Lipinski definition) is 1. The number of esters is 1. The maximum absolute atomic E-state index is 13.5. The lowest BCUT2D eigenvalue weighted by Gasteiger charge is -2.31. The van der Waals surface area contributed by atoms with Crippen molar-refractivity contribution < 1.29 is 14.6 Å². The van der Waals surface area contributed by atoms with Crippen molar-refractivity contribution in [3.63, 3.8) is 0 Å². The molecule has 6 rings (SSSR count). The van der Waals surface area contributed by atoms with Gasteiger partial charge in [0.15, 0.2) is 0 Å². The Bertz CT molecular complexity index is 1410. The molecule has 2 bridgehead atoms. The fraction of sp³-hybridized carbons (Fsp3) is 0.276. The summed E-state index contributed by atoms with van der Waals surface area (Å²) in [6.45, 7) is 4.32. The van der Waals surface area contributed by atoms with Crippen molar-refractivity contribution in [1.82, 2.24) is 0 Å². The van der Waals surface area contributed by atoms with E-state index in [0.717, 1.165) is 58.4 Å². The fourth-order valence-electron chi connectivity index (χ4n) is 6.13. The number of fused-ring (bicyclic) bond motifs is 7. The number of phenolic OH excluding ortho intramolecular Hbond substituents is 1. The Morgan fingerprint density at radius 1 is 0.969 bits per heavy atom. The van der Waals surface area contributed by atoms with Gasteiger partial charge in [-0.25, -0.2) is 4.79 Å². The Balaban J connectivity index is 1.49. The van der Waals surface area contributed by atoms with Gasteiger partial charge in [0, 0.05) is 28.3 Å². The lowest BCUT2D eigenvalue weighted by molar-refractivity contribution is -0.0163. The average molecular weight is 423 g/mol. The van der Waals surface area contributed by atoms with Crippen LogP contribution in [0.2, 0.25) is 0 Å². The van der Waals surface area contributed by atoms with Gasteiger partial charge in [-0.2, -0.15) is 0 Å². The molecule has 4 aromatic carbocycles. The molecule has 3 nitrogen and oxygen atoms in total. The Morgan fingerprint density at radius 2 is 1.78 bits per heavy atom. The summed E-state index contributed by atoms with van der Waals surface area (Å²) in [6.07, 6.45) is 3.34. The predicted octanol–water partition coefficient (Wildman–Crippen LogP) is 6.77. The number of ether oxygens (including phenoxy) is 1. The summed E-state index contributed by atoms with van der Waals surface area (Å²) in [6, 6.07) is 22.1. The molecule has 0 saturated heterocycles.